The minimum Gasteiger partial charge on any atom is -0.486 e. The lowest BCUT2D eigenvalue weighted by Crippen LogP contribution is -2.54. The molecule has 150 valence electrons. The highest BCUT2D eigenvalue weighted by Gasteiger charge is 2.22. The number of anilines is 1. The first-order valence-corrected chi connectivity index (χ1v) is 10.1. The number of nitrogens with zero attached hydrogens (tertiary/aromatic N) is 1. The molecule has 2 aliphatic heterocycles. The summed E-state index contributed by atoms with van der Waals surface area (Å²) < 4.78 is 16.9. The van der Waals surface area contributed by atoms with Crippen LogP contribution in [-0.4, -0.2) is 38.4 Å². The second kappa shape index (κ2) is 7.12. The smallest absolute Gasteiger partial charge is 0.344 e. The number of hydrogen-bond donors (Lipinski definition) is 1. The first-order valence-electron chi connectivity index (χ1n) is 10.1. The summed E-state index contributed by atoms with van der Waals surface area (Å²) in [7, 11) is 0. The van der Waals surface area contributed by atoms with Crippen LogP contribution in [0.25, 0.3) is 22.1 Å². The summed E-state index contributed by atoms with van der Waals surface area (Å²) in [6.07, 6.45) is 0. The number of rotatable bonds is 2. The number of piperazine rings is 1. The number of hydrogen-bond acceptors (Lipinski definition) is 6. The lowest BCUT2D eigenvalue weighted by Gasteiger charge is -2.37. The Morgan fingerprint density at radius 2 is 1.69 bits per heavy atom. The van der Waals surface area contributed by atoms with Gasteiger partial charge in [-0.3, -0.25) is 0 Å². The van der Waals surface area contributed by atoms with E-state index in [1.165, 1.54) is 0 Å². The fourth-order valence-corrected chi connectivity index (χ4v) is 4.25. The molecule has 0 bridgehead atoms. The SMILES string of the molecule is CC1CN(c2ccc3cc(-c4ccc5c(c4)OCCO5)oc(=O)c3c2)CC(C)N1. The van der Waals surface area contributed by atoms with Crippen LogP contribution in [-0.2, 0) is 0 Å². The van der Waals surface area contributed by atoms with Crippen molar-refractivity contribution in [1.29, 1.82) is 0 Å². The Bertz CT molecular complexity index is 1110. The molecule has 2 unspecified atom stereocenters. The summed E-state index contributed by atoms with van der Waals surface area (Å²) >= 11 is 0. The highest BCUT2D eigenvalue weighted by molar-refractivity contribution is 5.87. The van der Waals surface area contributed by atoms with Crippen LogP contribution in [0.5, 0.6) is 11.5 Å². The molecule has 1 saturated heterocycles. The summed E-state index contributed by atoms with van der Waals surface area (Å²) in [6, 6.07) is 14.3. The Morgan fingerprint density at radius 1 is 0.931 bits per heavy atom. The van der Waals surface area contributed by atoms with Crippen molar-refractivity contribution in [2.45, 2.75) is 25.9 Å². The summed E-state index contributed by atoms with van der Waals surface area (Å²) in [4.78, 5) is 15.1. The van der Waals surface area contributed by atoms with E-state index < -0.39 is 0 Å². The molecule has 0 spiro atoms. The molecule has 0 radical (unpaired) electrons. The molecule has 0 saturated carbocycles. The molecule has 2 aliphatic rings. The van der Waals surface area contributed by atoms with Gasteiger partial charge in [-0.05, 0) is 55.6 Å². The van der Waals surface area contributed by atoms with E-state index >= 15 is 0 Å². The molecular formula is C23H24N2O4. The second-order valence-corrected chi connectivity index (χ2v) is 7.90. The summed E-state index contributed by atoms with van der Waals surface area (Å²) in [5.41, 5.74) is 1.52. The third-order valence-corrected chi connectivity index (χ3v) is 5.50. The molecule has 2 aromatic carbocycles. The largest absolute Gasteiger partial charge is 0.486 e. The van der Waals surface area contributed by atoms with Crippen LogP contribution in [0.4, 0.5) is 5.69 Å². The van der Waals surface area contributed by atoms with E-state index in [1.54, 1.807) is 0 Å². The van der Waals surface area contributed by atoms with Crippen molar-refractivity contribution >= 4 is 16.5 Å². The van der Waals surface area contributed by atoms with Gasteiger partial charge in [0, 0.05) is 36.4 Å². The van der Waals surface area contributed by atoms with Crippen LogP contribution in [0.1, 0.15) is 13.8 Å². The minimum absolute atomic E-state index is 0.328. The van der Waals surface area contributed by atoms with Gasteiger partial charge in [0.15, 0.2) is 11.5 Å². The lowest BCUT2D eigenvalue weighted by atomic mass is 10.1. The van der Waals surface area contributed by atoms with Gasteiger partial charge in [-0.1, -0.05) is 6.07 Å². The predicted octanol–water partition coefficient (Wildman–Crippen LogP) is 3.42. The van der Waals surface area contributed by atoms with Crippen LogP contribution in [0, 0.1) is 0 Å². The Balaban J connectivity index is 1.51. The summed E-state index contributed by atoms with van der Waals surface area (Å²) in [5.74, 6) is 1.91. The zero-order valence-corrected chi connectivity index (χ0v) is 16.6. The van der Waals surface area contributed by atoms with Gasteiger partial charge in [0.2, 0.25) is 0 Å². The quantitative estimate of drug-likeness (QED) is 0.721. The Morgan fingerprint density at radius 3 is 2.48 bits per heavy atom. The maximum atomic E-state index is 12.8. The molecule has 3 aromatic rings. The van der Waals surface area contributed by atoms with Gasteiger partial charge in [0.1, 0.15) is 19.0 Å². The molecular weight excluding hydrogens is 368 g/mol. The van der Waals surface area contributed by atoms with Gasteiger partial charge >= 0.3 is 5.63 Å². The van der Waals surface area contributed by atoms with Gasteiger partial charge in [0.05, 0.1) is 5.39 Å². The van der Waals surface area contributed by atoms with E-state index in [0.717, 1.165) is 29.7 Å². The zero-order valence-electron chi connectivity index (χ0n) is 16.6. The molecule has 3 heterocycles. The fraction of sp³-hybridized carbons (Fsp3) is 0.348. The summed E-state index contributed by atoms with van der Waals surface area (Å²) in [5, 5.41) is 5.00. The molecule has 1 aromatic heterocycles. The molecule has 1 fully saturated rings. The van der Waals surface area contributed by atoms with E-state index in [4.69, 9.17) is 13.9 Å². The van der Waals surface area contributed by atoms with Gasteiger partial charge < -0.3 is 24.1 Å². The number of nitrogens with one attached hydrogen (secondary N) is 1. The van der Waals surface area contributed by atoms with Crippen LogP contribution in [0.3, 0.4) is 0 Å². The van der Waals surface area contributed by atoms with Crippen molar-refractivity contribution in [3.8, 4) is 22.8 Å². The maximum Gasteiger partial charge on any atom is 0.344 e. The van der Waals surface area contributed by atoms with Crippen molar-refractivity contribution in [1.82, 2.24) is 5.32 Å². The van der Waals surface area contributed by atoms with Crippen LogP contribution in [0.15, 0.2) is 51.7 Å². The number of fused-ring (bicyclic) bond motifs is 2. The first kappa shape index (κ1) is 18.1. The normalized spacial score (nSPS) is 21.4. The zero-order chi connectivity index (χ0) is 20.0. The van der Waals surface area contributed by atoms with E-state index in [9.17, 15) is 4.79 Å². The van der Waals surface area contributed by atoms with E-state index in [-0.39, 0.29) is 5.63 Å². The average molecular weight is 392 g/mol. The van der Waals surface area contributed by atoms with Crippen LogP contribution >= 0.6 is 0 Å². The van der Waals surface area contributed by atoms with Crippen molar-refractivity contribution in [2.75, 3.05) is 31.2 Å². The maximum absolute atomic E-state index is 12.8. The van der Waals surface area contributed by atoms with E-state index in [1.807, 2.05) is 36.4 Å². The van der Waals surface area contributed by atoms with Crippen molar-refractivity contribution < 1.29 is 13.9 Å². The Labute approximate surface area is 169 Å². The molecule has 29 heavy (non-hydrogen) atoms. The standard InChI is InChI=1S/C23H24N2O4/c1-14-12-25(13-15(2)24-14)18-5-3-16-9-21(29-23(26)19(16)11-18)17-4-6-20-22(10-17)28-8-7-27-20/h3-6,9-11,14-15,24H,7-8,12-13H2,1-2H3. The van der Waals surface area contributed by atoms with Gasteiger partial charge in [-0.2, -0.15) is 0 Å². The van der Waals surface area contributed by atoms with Gasteiger partial charge in [0.25, 0.3) is 0 Å². The van der Waals surface area contributed by atoms with Gasteiger partial charge in [-0.15, -0.1) is 0 Å². The molecule has 0 aliphatic carbocycles. The molecule has 0 amide bonds. The highest BCUT2D eigenvalue weighted by Crippen LogP contribution is 2.35. The lowest BCUT2D eigenvalue weighted by molar-refractivity contribution is 0.171. The van der Waals surface area contributed by atoms with Crippen LogP contribution < -0.4 is 25.3 Å². The fourth-order valence-electron chi connectivity index (χ4n) is 4.25. The Kier molecular flexibility index (Phi) is 4.43. The van der Waals surface area contributed by atoms with E-state index in [0.29, 0.717) is 47.9 Å². The van der Waals surface area contributed by atoms with Crippen molar-refractivity contribution in [2.24, 2.45) is 0 Å². The molecule has 6 heteroatoms. The van der Waals surface area contributed by atoms with Gasteiger partial charge in [-0.25, -0.2) is 4.79 Å². The molecule has 1 N–H and O–H groups in total. The van der Waals surface area contributed by atoms with Crippen molar-refractivity contribution in [3.05, 3.63) is 52.9 Å². The number of ether oxygens (including phenoxy) is 2. The third kappa shape index (κ3) is 3.44. The van der Waals surface area contributed by atoms with E-state index in [2.05, 4.69) is 30.1 Å². The first-order chi connectivity index (χ1) is 14.1. The van der Waals surface area contributed by atoms with Crippen LogP contribution in [0.2, 0.25) is 0 Å². The molecule has 2 atom stereocenters. The molecule has 5 rings (SSSR count). The second-order valence-electron chi connectivity index (χ2n) is 7.90. The summed E-state index contributed by atoms with van der Waals surface area (Å²) in [6.45, 7) is 7.25. The monoisotopic (exact) mass is 392 g/mol. The minimum atomic E-state index is -0.328. The molecule has 6 nitrogen and oxygen atoms in total. The van der Waals surface area contributed by atoms with Crippen molar-refractivity contribution in [3.63, 3.8) is 0 Å². The highest BCUT2D eigenvalue weighted by atomic mass is 16.6. The number of benzene rings is 2. The Hall–Kier alpha value is -2.99. The third-order valence-electron chi connectivity index (χ3n) is 5.50. The average Bonchev–Trinajstić information content (AvgIpc) is 2.72. The predicted molar refractivity (Wildman–Crippen MR) is 113 cm³/mol. The topological polar surface area (TPSA) is 63.9 Å².